The summed E-state index contributed by atoms with van der Waals surface area (Å²) in [7, 11) is 0. The van der Waals surface area contributed by atoms with Gasteiger partial charge in [-0.05, 0) is 38.1 Å². The van der Waals surface area contributed by atoms with Crippen molar-refractivity contribution in [3.05, 3.63) is 58.0 Å². The molecule has 1 aromatic carbocycles. The van der Waals surface area contributed by atoms with Crippen molar-refractivity contribution in [2.75, 3.05) is 0 Å². The van der Waals surface area contributed by atoms with Crippen LogP contribution in [-0.4, -0.2) is 20.6 Å². The number of aromatic nitrogens is 1. The molecule has 0 amide bonds. The van der Waals surface area contributed by atoms with Crippen LogP contribution in [0.25, 0.3) is 0 Å². The van der Waals surface area contributed by atoms with Crippen molar-refractivity contribution in [2.45, 2.75) is 19.9 Å². The molecular weight excluding hydrogens is 258 g/mol. The molecule has 0 aliphatic carbocycles. The van der Waals surface area contributed by atoms with Gasteiger partial charge in [0.15, 0.2) is 5.78 Å². The highest BCUT2D eigenvalue weighted by molar-refractivity contribution is 6.10. The van der Waals surface area contributed by atoms with Crippen LogP contribution in [0.4, 0.5) is 0 Å². The average molecular weight is 273 g/mol. The van der Waals surface area contributed by atoms with E-state index in [1.165, 1.54) is 41.1 Å². The Labute approximate surface area is 115 Å². The zero-order valence-corrected chi connectivity index (χ0v) is 11.2. The second-order valence-corrected chi connectivity index (χ2v) is 4.79. The largest absolute Gasteiger partial charge is 0.508 e. The minimum absolute atomic E-state index is 0.000967. The van der Waals surface area contributed by atoms with E-state index in [1.807, 2.05) is 13.8 Å². The first kappa shape index (κ1) is 13.9. The molecule has 0 atom stereocenters. The fraction of sp³-hybridized carbons (Fsp3) is 0.200. The summed E-state index contributed by atoms with van der Waals surface area (Å²) in [5, 5.41) is 19.1. The summed E-state index contributed by atoms with van der Waals surface area (Å²) < 4.78 is 1.44. The molecule has 1 aromatic heterocycles. The van der Waals surface area contributed by atoms with Gasteiger partial charge < -0.3 is 14.8 Å². The first-order valence-electron chi connectivity index (χ1n) is 6.19. The van der Waals surface area contributed by atoms with Crippen LogP contribution in [0.2, 0.25) is 0 Å². The van der Waals surface area contributed by atoms with Crippen LogP contribution in [0, 0.1) is 0 Å². The molecule has 104 valence electrons. The van der Waals surface area contributed by atoms with Crippen LogP contribution in [-0.2, 0) is 0 Å². The molecule has 0 unspecified atom stereocenters. The van der Waals surface area contributed by atoms with Crippen molar-refractivity contribution in [1.29, 1.82) is 0 Å². The molecule has 0 fully saturated rings. The van der Waals surface area contributed by atoms with Crippen molar-refractivity contribution >= 4 is 5.78 Å². The maximum absolute atomic E-state index is 12.3. The van der Waals surface area contributed by atoms with Gasteiger partial charge in [-0.1, -0.05) is 0 Å². The lowest BCUT2D eigenvalue weighted by molar-refractivity contribution is 0.103. The van der Waals surface area contributed by atoms with Crippen LogP contribution < -0.4 is 5.56 Å². The lowest BCUT2D eigenvalue weighted by Gasteiger charge is -2.11. The van der Waals surface area contributed by atoms with Gasteiger partial charge in [0.05, 0.1) is 5.56 Å². The number of hydrogen-bond donors (Lipinski definition) is 2. The zero-order valence-electron chi connectivity index (χ0n) is 11.2. The summed E-state index contributed by atoms with van der Waals surface area (Å²) in [6.07, 6.45) is 1.46. The van der Waals surface area contributed by atoms with Crippen LogP contribution in [0.5, 0.6) is 11.5 Å². The number of rotatable bonds is 3. The minimum Gasteiger partial charge on any atom is -0.508 e. The summed E-state index contributed by atoms with van der Waals surface area (Å²) in [5.74, 6) is -0.772. The molecule has 0 aliphatic heterocycles. The van der Waals surface area contributed by atoms with Gasteiger partial charge in [0, 0.05) is 23.9 Å². The number of phenolic OH excluding ortho intramolecular Hbond substituents is 2. The number of pyridine rings is 1. The Morgan fingerprint density at radius 1 is 1.15 bits per heavy atom. The molecule has 1 heterocycles. The van der Waals surface area contributed by atoms with E-state index in [4.69, 9.17) is 0 Å². The summed E-state index contributed by atoms with van der Waals surface area (Å²) in [4.78, 5) is 24.0. The topological polar surface area (TPSA) is 79.5 Å². The number of phenols is 2. The number of hydrogen-bond acceptors (Lipinski definition) is 4. The van der Waals surface area contributed by atoms with Crippen LogP contribution >= 0.6 is 0 Å². The van der Waals surface area contributed by atoms with E-state index in [-0.39, 0.29) is 34.2 Å². The molecule has 5 nitrogen and oxygen atoms in total. The van der Waals surface area contributed by atoms with Gasteiger partial charge in [-0.2, -0.15) is 0 Å². The van der Waals surface area contributed by atoms with E-state index in [2.05, 4.69) is 0 Å². The maximum Gasteiger partial charge on any atom is 0.250 e. The molecule has 0 aliphatic rings. The predicted molar refractivity (Wildman–Crippen MR) is 74.3 cm³/mol. The number of benzene rings is 1. The van der Waals surface area contributed by atoms with Crippen molar-refractivity contribution in [3.63, 3.8) is 0 Å². The fourth-order valence-corrected chi connectivity index (χ4v) is 1.90. The standard InChI is InChI=1S/C15H15NO4/c1-9(2)16-8-10(3-6-14(16)19)15(20)12-7-11(17)4-5-13(12)18/h3-9,17-18H,1-2H3. The zero-order chi connectivity index (χ0) is 14.9. The number of carbonyl (C=O) groups excluding carboxylic acids is 1. The first-order valence-corrected chi connectivity index (χ1v) is 6.19. The molecule has 0 saturated carbocycles. The molecule has 2 N–H and O–H groups in total. The van der Waals surface area contributed by atoms with Crippen molar-refractivity contribution in [3.8, 4) is 11.5 Å². The van der Waals surface area contributed by atoms with Crippen molar-refractivity contribution in [1.82, 2.24) is 4.57 Å². The molecule has 0 spiro atoms. The van der Waals surface area contributed by atoms with Crippen LogP contribution in [0.3, 0.4) is 0 Å². The third kappa shape index (κ3) is 2.56. The molecule has 20 heavy (non-hydrogen) atoms. The van der Waals surface area contributed by atoms with E-state index in [9.17, 15) is 19.8 Å². The molecule has 0 bridgehead atoms. The Hall–Kier alpha value is -2.56. The highest BCUT2D eigenvalue weighted by Gasteiger charge is 2.16. The van der Waals surface area contributed by atoms with E-state index in [0.29, 0.717) is 0 Å². The number of aromatic hydroxyl groups is 2. The monoisotopic (exact) mass is 273 g/mol. The Morgan fingerprint density at radius 3 is 2.50 bits per heavy atom. The molecule has 2 aromatic rings. The maximum atomic E-state index is 12.3. The van der Waals surface area contributed by atoms with Crippen LogP contribution in [0.1, 0.15) is 35.8 Å². The molecular formula is C15H15NO4. The first-order chi connectivity index (χ1) is 9.40. The number of ketones is 1. The van der Waals surface area contributed by atoms with E-state index >= 15 is 0 Å². The van der Waals surface area contributed by atoms with Gasteiger partial charge in [-0.3, -0.25) is 9.59 Å². The lowest BCUT2D eigenvalue weighted by Crippen LogP contribution is -2.21. The lowest BCUT2D eigenvalue weighted by atomic mass is 10.0. The summed E-state index contributed by atoms with van der Waals surface area (Å²) >= 11 is 0. The number of carbonyl (C=O) groups is 1. The van der Waals surface area contributed by atoms with Gasteiger partial charge in [0.25, 0.3) is 5.56 Å². The normalized spacial score (nSPS) is 10.8. The number of nitrogens with zero attached hydrogens (tertiary/aromatic N) is 1. The Morgan fingerprint density at radius 2 is 1.85 bits per heavy atom. The summed E-state index contributed by atoms with van der Waals surface area (Å²) in [6, 6.07) is 6.39. The molecule has 2 rings (SSSR count). The summed E-state index contributed by atoms with van der Waals surface area (Å²) in [5.41, 5.74) is 0.0786. The van der Waals surface area contributed by atoms with Crippen molar-refractivity contribution in [2.24, 2.45) is 0 Å². The fourth-order valence-electron chi connectivity index (χ4n) is 1.90. The van der Waals surface area contributed by atoms with E-state index < -0.39 is 5.78 Å². The van der Waals surface area contributed by atoms with E-state index in [0.717, 1.165) is 0 Å². The second-order valence-electron chi connectivity index (χ2n) is 4.79. The third-order valence-corrected chi connectivity index (χ3v) is 2.98. The van der Waals surface area contributed by atoms with Gasteiger partial charge in [-0.15, -0.1) is 0 Å². The highest BCUT2D eigenvalue weighted by Crippen LogP contribution is 2.24. The second kappa shape index (κ2) is 5.21. The van der Waals surface area contributed by atoms with E-state index in [1.54, 1.807) is 0 Å². The molecule has 0 saturated heterocycles. The Bertz CT molecular complexity index is 716. The summed E-state index contributed by atoms with van der Waals surface area (Å²) in [6.45, 7) is 3.67. The van der Waals surface area contributed by atoms with Crippen LogP contribution in [0.15, 0.2) is 41.3 Å². The SMILES string of the molecule is CC(C)n1cc(C(=O)c2cc(O)ccc2O)ccc1=O. The Balaban J connectivity index is 2.51. The smallest absolute Gasteiger partial charge is 0.250 e. The highest BCUT2D eigenvalue weighted by atomic mass is 16.3. The quantitative estimate of drug-likeness (QED) is 0.662. The van der Waals surface area contributed by atoms with Crippen molar-refractivity contribution < 1.29 is 15.0 Å². The molecule has 5 heteroatoms. The third-order valence-electron chi connectivity index (χ3n) is 2.98. The average Bonchev–Trinajstić information content (AvgIpc) is 2.41. The van der Waals surface area contributed by atoms with Gasteiger partial charge in [0.2, 0.25) is 0 Å². The Kier molecular flexibility index (Phi) is 3.61. The predicted octanol–water partition coefficient (Wildman–Crippen LogP) is 2.07. The van der Waals surface area contributed by atoms with Gasteiger partial charge >= 0.3 is 0 Å². The van der Waals surface area contributed by atoms with Gasteiger partial charge in [-0.25, -0.2) is 0 Å². The van der Waals surface area contributed by atoms with Gasteiger partial charge in [0.1, 0.15) is 11.5 Å². The minimum atomic E-state index is -0.451. The molecule has 0 radical (unpaired) electrons.